The lowest BCUT2D eigenvalue weighted by molar-refractivity contribution is -0.119. The van der Waals surface area contributed by atoms with E-state index in [1.54, 1.807) is 28.6 Å². The van der Waals surface area contributed by atoms with Crippen molar-refractivity contribution in [1.82, 2.24) is 9.62 Å². The Morgan fingerprint density at radius 1 is 0.964 bits per heavy atom. The molecule has 0 atom stereocenters. The molecule has 3 rings (SSSR count). The molecular formula is C21H27N3O3S. The number of hydrogen-bond acceptors (Lipinski definition) is 4. The fraction of sp³-hybridized carbons (Fsp3) is 0.381. The van der Waals surface area contributed by atoms with Crippen LogP contribution in [0.4, 0.5) is 5.69 Å². The Bertz CT molecular complexity index is 879. The van der Waals surface area contributed by atoms with Gasteiger partial charge in [-0.1, -0.05) is 42.8 Å². The summed E-state index contributed by atoms with van der Waals surface area (Å²) >= 11 is 0. The van der Waals surface area contributed by atoms with Crippen molar-refractivity contribution in [3.63, 3.8) is 0 Å². The molecule has 0 radical (unpaired) electrons. The molecule has 7 heteroatoms. The van der Waals surface area contributed by atoms with Gasteiger partial charge in [-0.05, 0) is 43.0 Å². The minimum absolute atomic E-state index is 0.0992. The van der Waals surface area contributed by atoms with E-state index in [4.69, 9.17) is 0 Å². The summed E-state index contributed by atoms with van der Waals surface area (Å²) in [5, 5.41) is 5.88. The molecule has 28 heavy (non-hydrogen) atoms. The zero-order chi connectivity index (χ0) is 19.8. The summed E-state index contributed by atoms with van der Waals surface area (Å²) in [7, 11) is -3.48. The van der Waals surface area contributed by atoms with Gasteiger partial charge in [0, 0.05) is 25.3 Å². The fourth-order valence-electron chi connectivity index (χ4n) is 3.26. The number of carbonyl (C=O) groups is 1. The van der Waals surface area contributed by atoms with Crippen molar-refractivity contribution in [2.75, 3.05) is 31.5 Å². The first-order chi connectivity index (χ1) is 13.6. The molecule has 0 saturated carbocycles. The maximum Gasteiger partial charge on any atom is 0.243 e. The van der Waals surface area contributed by atoms with Crippen LogP contribution < -0.4 is 10.6 Å². The van der Waals surface area contributed by atoms with Gasteiger partial charge in [-0.3, -0.25) is 4.79 Å². The number of rotatable bonds is 8. The minimum atomic E-state index is -3.48. The van der Waals surface area contributed by atoms with Gasteiger partial charge in [-0.15, -0.1) is 0 Å². The lowest BCUT2D eigenvalue weighted by atomic mass is 10.1. The summed E-state index contributed by atoms with van der Waals surface area (Å²) in [6.45, 7) is 1.81. The van der Waals surface area contributed by atoms with Crippen LogP contribution in [-0.4, -0.2) is 44.8 Å². The molecule has 1 heterocycles. The van der Waals surface area contributed by atoms with Crippen molar-refractivity contribution < 1.29 is 13.2 Å². The summed E-state index contributed by atoms with van der Waals surface area (Å²) in [4.78, 5) is 12.3. The largest absolute Gasteiger partial charge is 0.376 e. The highest BCUT2D eigenvalue weighted by atomic mass is 32.2. The summed E-state index contributed by atoms with van der Waals surface area (Å²) in [6.07, 6.45) is 3.66. The molecule has 1 amide bonds. The Kier molecular flexibility index (Phi) is 7.06. The van der Waals surface area contributed by atoms with Gasteiger partial charge in [0.25, 0.3) is 0 Å². The molecule has 1 aliphatic rings. The average Bonchev–Trinajstić information content (AvgIpc) is 2.74. The number of anilines is 1. The Labute approximate surface area is 167 Å². The number of nitrogens with zero attached hydrogens (tertiary/aromatic N) is 1. The second kappa shape index (κ2) is 9.71. The van der Waals surface area contributed by atoms with Crippen LogP contribution in [0.3, 0.4) is 0 Å². The topological polar surface area (TPSA) is 78.5 Å². The van der Waals surface area contributed by atoms with Gasteiger partial charge in [0.05, 0.1) is 11.4 Å². The fourth-order valence-corrected chi connectivity index (χ4v) is 4.82. The van der Waals surface area contributed by atoms with E-state index >= 15 is 0 Å². The second-order valence-electron chi connectivity index (χ2n) is 6.93. The van der Waals surface area contributed by atoms with Gasteiger partial charge in [-0.25, -0.2) is 8.42 Å². The molecule has 150 valence electrons. The smallest absolute Gasteiger partial charge is 0.243 e. The van der Waals surface area contributed by atoms with Crippen molar-refractivity contribution in [2.45, 2.75) is 30.6 Å². The van der Waals surface area contributed by atoms with E-state index in [0.717, 1.165) is 25.7 Å². The first-order valence-corrected chi connectivity index (χ1v) is 11.1. The van der Waals surface area contributed by atoms with Crippen molar-refractivity contribution in [1.29, 1.82) is 0 Å². The summed E-state index contributed by atoms with van der Waals surface area (Å²) in [5.74, 6) is -0.125. The number of nitrogens with one attached hydrogen (secondary N) is 2. The molecule has 2 aromatic carbocycles. The predicted molar refractivity (Wildman–Crippen MR) is 111 cm³/mol. The lowest BCUT2D eigenvalue weighted by Crippen LogP contribution is -2.35. The van der Waals surface area contributed by atoms with Gasteiger partial charge in [0.1, 0.15) is 0 Å². The average molecular weight is 402 g/mol. The number of benzene rings is 2. The van der Waals surface area contributed by atoms with Crippen molar-refractivity contribution >= 4 is 21.6 Å². The van der Waals surface area contributed by atoms with Gasteiger partial charge < -0.3 is 10.6 Å². The van der Waals surface area contributed by atoms with Crippen molar-refractivity contribution in [2.24, 2.45) is 0 Å². The monoisotopic (exact) mass is 401 g/mol. The van der Waals surface area contributed by atoms with Crippen molar-refractivity contribution in [3.8, 4) is 0 Å². The van der Waals surface area contributed by atoms with E-state index in [1.165, 1.54) is 5.56 Å². The van der Waals surface area contributed by atoms with Crippen LogP contribution in [-0.2, 0) is 21.2 Å². The molecule has 2 N–H and O–H groups in total. The van der Waals surface area contributed by atoms with Crippen LogP contribution in [0.15, 0.2) is 59.5 Å². The van der Waals surface area contributed by atoms with E-state index in [1.807, 2.05) is 30.3 Å². The Morgan fingerprint density at radius 2 is 1.71 bits per heavy atom. The van der Waals surface area contributed by atoms with Crippen LogP contribution in [0.2, 0.25) is 0 Å². The predicted octanol–water partition coefficient (Wildman–Crippen LogP) is 2.63. The quantitative estimate of drug-likeness (QED) is 0.713. The highest BCUT2D eigenvalue weighted by Crippen LogP contribution is 2.22. The maximum atomic E-state index is 12.8. The molecule has 1 aliphatic heterocycles. The van der Waals surface area contributed by atoms with Gasteiger partial charge in [0.2, 0.25) is 15.9 Å². The van der Waals surface area contributed by atoms with Crippen LogP contribution >= 0.6 is 0 Å². The van der Waals surface area contributed by atoms with E-state index in [0.29, 0.717) is 25.3 Å². The molecule has 0 unspecified atom stereocenters. The summed E-state index contributed by atoms with van der Waals surface area (Å²) in [5.41, 5.74) is 1.79. The third kappa shape index (κ3) is 5.56. The van der Waals surface area contributed by atoms with Gasteiger partial charge >= 0.3 is 0 Å². The van der Waals surface area contributed by atoms with Crippen LogP contribution in [0.25, 0.3) is 0 Å². The Morgan fingerprint density at radius 3 is 2.46 bits per heavy atom. The normalized spacial score (nSPS) is 15.1. The summed E-state index contributed by atoms with van der Waals surface area (Å²) < 4.78 is 27.1. The first kappa shape index (κ1) is 20.4. The van der Waals surface area contributed by atoms with Crippen LogP contribution in [0.5, 0.6) is 0 Å². The zero-order valence-electron chi connectivity index (χ0n) is 15.9. The number of hydrogen-bond donors (Lipinski definition) is 2. The second-order valence-corrected chi connectivity index (χ2v) is 8.87. The lowest BCUT2D eigenvalue weighted by Gasteiger charge is -2.26. The third-order valence-electron chi connectivity index (χ3n) is 4.82. The molecule has 1 saturated heterocycles. The minimum Gasteiger partial charge on any atom is -0.376 e. The standard InChI is InChI=1S/C21H27N3O3S/c25-21(22-13-12-18-8-3-1-4-9-18)17-23-19-10-7-11-20(16-19)28(26,27)24-14-5-2-6-15-24/h1,3-4,7-11,16,23H,2,5-6,12-15,17H2,(H,22,25). The zero-order valence-corrected chi connectivity index (χ0v) is 16.7. The van der Waals surface area contributed by atoms with Gasteiger partial charge in [0.15, 0.2) is 0 Å². The molecule has 6 nitrogen and oxygen atoms in total. The molecule has 0 bridgehead atoms. The number of amides is 1. The molecule has 2 aromatic rings. The molecule has 0 spiro atoms. The highest BCUT2D eigenvalue weighted by Gasteiger charge is 2.25. The molecule has 1 fully saturated rings. The third-order valence-corrected chi connectivity index (χ3v) is 6.71. The van der Waals surface area contributed by atoms with E-state index < -0.39 is 10.0 Å². The number of sulfonamides is 1. The Balaban J connectivity index is 1.50. The van der Waals surface area contributed by atoms with Gasteiger partial charge in [-0.2, -0.15) is 4.31 Å². The summed E-state index contributed by atoms with van der Waals surface area (Å²) in [6, 6.07) is 16.6. The first-order valence-electron chi connectivity index (χ1n) is 9.70. The molecular weight excluding hydrogens is 374 g/mol. The molecule has 0 aliphatic carbocycles. The highest BCUT2D eigenvalue weighted by molar-refractivity contribution is 7.89. The van der Waals surface area contributed by atoms with E-state index in [2.05, 4.69) is 10.6 Å². The Hall–Kier alpha value is -2.38. The van der Waals surface area contributed by atoms with E-state index in [9.17, 15) is 13.2 Å². The van der Waals surface area contributed by atoms with E-state index in [-0.39, 0.29) is 17.3 Å². The maximum absolute atomic E-state index is 12.8. The molecule has 0 aromatic heterocycles. The van der Waals surface area contributed by atoms with Crippen molar-refractivity contribution in [3.05, 3.63) is 60.2 Å². The number of carbonyl (C=O) groups excluding carboxylic acids is 1. The van der Waals surface area contributed by atoms with Crippen LogP contribution in [0.1, 0.15) is 24.8 Å². The van der Waals surface area contributed by atoms with Crippen LogP contribution in [0, 0.1) is 0 Å². The SMILES string of the molecule is O=C(CNc1cccc(S(=O)(=O)N2CCCCC2)c1)NCCc1ccccc1. The number of piperidine rings is 1.